The van der Waals surface area contributed by atoms with Crippen LogP contribution < -0.4 is 9.80 Å². The molecule has 2 amide bonds. The standard InChI is InChI=1S/C21H20F3N3O2/c1-12-9-15(21(22,23)24)11-18(25-12)27-17(7-8-19(27)28)20(29)26(2)16-6-5-13-3-4-14(13)10-16/h5-6,9-11,17H,3-4,7-8H2,1-2H3/t17-/m0/s1. The largest absolute Gasteiger partial charge is 0.416 e. The second-order valence-corrected chi connectivity index (χ2v) is 7.52. The van der Waals surface area contributed by atoms with Crippen molar-refractivity contribution in [1.29, 1.82) is 0 Å². The predicted molar refractivity (Wildman–Crippen MR) is 102 cm³/mol. The third-order valence-electron chi connectivity index (χ3n) is 5.58. The van der Waals surface area contributed by atoms with Crippen molar-refractivity contribution in [3.8, 4) is 0 Å². The summed E-state index contributed by atoms with van der Waals surface area (Å²) < 4.78 is 39.6. The van der Waals surface area contributed by atoms with E-state index in [0.29, 0.717) is 5.69 Å². The minimum Gasteiger partial charge on any atom is -0.314 e. The Morgan fingerprint density at radius 1 is 1.14 bits per heavy atom. The molecule has 5 nitrogen and oxygen atoms in total. The van der Waals surface area contributed by atoms with Gasteiger partial charge in [0.25, 0.3) is 0 Å². The monoisotopic (exact) mass is 403 g/mol. The maximum atomic E-state index is 13.2. The lowest BCUT2D eigenvalue weighted by Gasteiger charge is -2.29. The van der Waals surface area contributed by atoms with E-state index in [9.17, 15) is 22.8 Å². The summed E-state index contributed by atoms with van der Waals surface area (Å²) in [6, 6.07) is 6.66. The maximum Gasteiger partial charge on any atom is 0.416 e. The van der Waals surface area contributed by atoms with E-state index in [1.54, 1.807) is 7.05 Å². The average Bonchev–Trinajstić information content (AvgIpc) is 3.02. The molecule has 1 aliphatic carbocycles. The van der Waals surface area contributed by atoms with Gasteiger partial charge in [0, 0.05) is 24.8 Å². The zero-order valence-electron chi connectivity index (χ0n) is 16.1. The number of hydrogen-bond acceptors (Lipinski definition) is 3. The molecule has 0 spiro atoms. The maximum absolute atomic E-state index is 13.2. The number of pyridine rings is 1. The number of fused-ring (bicyclic) bond motifs is 1. The number of likely N-dealkylation sites (N-methyl/N-ethyl adjacent to an activating group) is 1. The van der Waals surface area contributed by atoms with Gasteiger partial charge >= 0.3 is 6.18 Å². The van der Waals surface area contributed by atoms with Gasteiger partial charge in [0.1, 0.15) is 11.9 Å². The Balaban J connectivity index is 1.65. The fraction of sp³-hybridized carbons (Fsp3) is 0.381. The first-order valence-corrected chi connectivity index (χ1v) is 9.42. The van der Waals surface area contributed by atoms with Crippen molar-refractivity contribution in [2.45, 2.75) is 44.8 Å². The highest BCUT2D eigenvalue weighted by atomic mass is 19.4. The summed E-state index contributed by atoms with van der Waals surface area (Å²) in [7, 11) is 1.62. The van der Waals surface area contributed by atoms with Gasteiger partial charge in [-0.15, -0.1) is 0 Å². The molecular weight excluding hydrogens is 383 g/mol. The lowest BCUT2D eigenvalue weighted by molar-refractivity contribution is -0.137. The average molecular weight is 403 g/mol. The summed E-state index contributed by atoms with van der Waals surface area (Å²) in [5, 5.41) is 0. The van der Waals surface area contributed by atoms with E-state index >= 15 is 0 Å². The molecule has 2 heterocycles. The van der Waals surface area contributed by atoms with Gasteiger partial charge < -0.3 is 4.90 Å². The van der Waals surface area contributed by atoms with Crippen molar-refractivity contribution in [2.75, 3.05) is 16.8 Å². The fourth-order valence-corrected chi connectivity index (χ4v) is 3.88. The van der Waals surface area contributed by atoms with Gasteiger partial charge in [-0.2, -0.15) is 13.2 Å². The Kier molecular flexibility index (Phi) is 4.59. The van der Waals surface area contributed by atoms with Crippen LogP contribution >= 0.6 is 0 Å². The van der Waals surface area contributed by atoms with Crippen LogP contribution in [0.4, 0.5) is 24.7 Å². The molecule has 0 N–H and O–H groups in total. The highest BCUT2D eigenvalue weighted by Crippen LogP contribution is 2.35. The van der Waals surface area contributed by atoms with Crippen molar-refractivity contribution < 1.29 is 22.8 Å². The Hall–Kier alpha value is -2.90. The molecule has 1 aromatic heterocycles. The van der Waals surface area contributed by atoms with Crippen LogP contribution in [-0.2, 0) is 28.6 Å². The minimum absolute atomic E-state index is 0.0887. The highest BCUT2D eigenvalue weighted by Gasteiger charge is 2.41. The highest BCUT2D eigenvalue weighted by molar-refractivity contribution is 6.08. The second-order valence-electron chi connectivity index (χ2n) is 7.52. The van der Waals surface area contributed by atoms with Crippen LogP contribution in [0.3, 0.4) is 0 Å². The third kappa shape index (κ3) is 3.47. The molecular formula is C21H20F3N3O2. The molecule has 1 aromatic carbocycles. The predicted octanol–water partition coefficient (Wildman–Crippen LogP) is 3.67. The van der Waals surface area contributed by atoms with Gasteiger partial charge in [0.15, 0.2) is 0 Å². The molecule has 1 fully saturated rings. The van der Waals surface area contributed by atoms with Crippen LogP contribution in [0.1, 0.15) is 35.2 Å². The molecule has 0 saturated carbocycles. The topological polar surface area (TPSA) is 53.5 Å². The molecule has 0 unspecified atom stereocenters. The van der Waals surface area contributed by atoms with E-state index in [-0.39, 0.29) is 30.3 Å². The van der Waals surface area contributed by atoms with E-state index in [0.717, 1.165) is 29.9 Å². The number of aryl methyl sites for hydroxylation is 3. The molecule has 152 valence electrons. The van der Waals surface area contributed by atoms with Crippen LogP contribution in [0.2, 0.25) is 0 Å². The lowest BCUT2D eigenvalue weighted by atomic mass is 9.88. The number of anilines is 2. The van der Waals surface area contributed by atoms with Crippen molar-refractivity contribution in [1.82, 2.24) is 4.98 Å². The first-order valence-electron chi connectivity index (χ1n) is 9.42. The SMILES string of the molecule is Cc1cc(C(F)(F)F)cc(N2C(=O)CC[C@H]2C(=O)N(C)c2ccc3c(c2)CC3)n1. The van der Waals surface area contributed by atoms with Gasteiger partial charge in [-0.25, -0.2) is 4.98 Å². The summed E-state index contributed by atoms with van der Waals surface area (Å²) in [4.78, 5) is 32.3. The Morgan fingerprint density at radius 2 is 1.86 bits per heavy atom. The second kappa shape index (κ2) is 6.86. The quantitative estimate of drug-likeness (QED) is 0.786. The van der Waals surface area contributed by atoms with Crippen LogP contribution in [-0.4, -0.2) is 29.9 Å². The molecule has 1 aliphatic heterocycles. The van der Waals surface area contributed by atoms with Crippen molar-refractivity contribution in [3.05, 3.63) is 52.7 Å². The number of rotatable bonds is 3. The van der Waals surface area contributed by atoms with Gasteiger partial charge in [-0.3, -0.25) is 14.5 Å². The molecule has 8 heteroatoms. The summed E-state index contributed by atoms with van der Waals surface area (Å²) in [6.45, 7) is 1.43. The van der Waals surface area contributed by atoms with Crippen molar-refractivity contribution in [3.63, 3.8) is 0 Å². The van der Waals surface area contributed by atoms with Crippen LogP contribution in [0.5, 0.6) is 0 Å². The summed E-state index contributed by atoms with van der Waals surface area (Å²) in [6.07, 6.45) is -2.24. The van der Waals surface area contributed by atoms with Gasteiger partial charge in [-0.1, -0.05) is 6.07 Å². The third-order valence-corrected chi connectivity index (χ3v) is 5.58. The van der Waals surface area contributed by atoms with E-state index in [1.165, 1.54) is 23.0 Å². The molecule has 1 saturated heterocycles. The zero-order chi connectivity index (χ0) is 20.9. The van der Waals surface area contributed by atoms with Crippen molar-refractivity contribution in [2.24, 2.45) is 0 Å². The Bertz CT molecular complexity index is 1000. The van der Waals surface area contributed by atoms with Gasteiger partial charge in [-0.05, 0) is 61.6 Å². The van der Waals surface area contributed by atoms with E-state index in [4.69, 9.17) is 0 Å². The first-order chi connectivity index (χ1) is 13.6. The van der Waals surface area contributed by atoms with E-state index in [1.807, 2.05) is 18.2 Å². The van der Waals surface area contributed by atoms with Crippen molar-refractivity contribution >= 4 is 23.3 Å². The van der Waals surface area contributed by atoms with Crippen LogP contribution in [0.15, 0.2) is 30.3 Å². The molecule has 0 bridgehead atoms. The summed E-state index contributed by atoms with van der Waals surface area (Å²) >= 11 is 0. The first kappa shape index (κ1) is 19.4. The number of carbonyl (C=O) groups is 2. The number of alkyl halides is 3. The molecule has 4 rings (SSSR count). The molecule has 2 aromatic rings. The number of nitrogens with zero attached hydrogens (tertiary/aromatic N) is 3. The molecule has 0 radical (unpaired) electrons. The van der Waals surface area contributed by atoms with Gasteiger partial charge in [0.05, 0.1) is 5.56 Å². The Morgan fingerprint density at radius 3 is 2.48 bits per heavy atom. The number of amides is 2. The Labute approximate surface area is 166 Å². The molecule has 29 heavy (non-hydrogen) atoms. The van der Waals surface area contributed by atoms with E-state index in [2.05, 4.69) is 4.98 Å². The van der Waals surface area contributed by atoms with Crippen LogP contribution in [0.25, 0.3) is 0 Å². The number of hydrogen-bond donors (Lipinski definition) is 0. The normalized spacial score (nSPS) is 18.4. The number of benzene rings is 1. The summed E-state index contributed by atoms with van der Waals surface area (Å²) in [5.74, 6) is -0.879. The lowest BCUT2D eigenvalue weighted by Crippen LogP contribution is -2.46. The molecule has 2 aliphatic rings. The zero-order valence-corrected chi connectivity index (χ0v) is 16.1. The number of carbonyl (C=O) groups excluding carboxylic acids is 2. The fourth-order valence-electron chi connectivity index (χ4n) is 3.88. The van der Waals surface area contributed by atoms with Gasteiger partial charge in [0.2, 0.25) is 11.8 Å². The number of halogens is 3. The minimum atomic E-state index is -4.56. The smallest absolute Gasteiger partial charge is 0.314 e. The van der Waals surface area contributed by atoms with Crippen LogP contribution in [0, 0.1) is 6.92 Å². The summed E-state index contributed by atoms with van der Waals surface area (Å²) in [5.41, 5.74) is 2.41. The number of aromatic nitrogens is 1. The molecule has 1 atom stereocenters. The van der Waals surface area contributed by atoms with E-state index < -0.39 is 23.7 Å².